The van der Waals surface area contributed by atoms with Crippen molar-refractivity contribution in [2.75, 3.05) is 0 Å². The average molecular weight is 371 g/mol. The molecule has 0 saturated carbocycles. The lowest BCUT2D eigenvalue weighted by Gasteiger charge is -2.03. The molecule has 1 aliphatic rings. The number of nitrogens with zero attached hydrogens (tertiary/aromatic N) is 2. The molecule has 27 heavy (non-hydrogen) atoms. The molecule has 0 radical (unpaired) electrons. The van der Waals surface area contributed by atoms with Gasteiger partial charge in [-0.2, -0.15) is 9.83 Å². The van der Waals surface area contributed by atoms with Gasteiger partial charge >= 0.3 is 5.63 Å². The standard InChI is InChI=1S/C22H15N2O2S/c23-12-16(21-24-9-3-5-17(24)13-27-21)10-15-11-19-18-6-2-1-4-14(18)7-8-20(19)26-22(15)25/h1-2,4,6-8,10-11,13H,3,5,9H2/q+1/b16-10+. The Hall–Kier alpha value is -3.23. The molecule has 130 valence electrons. The lowest BCUT2D eigenvalue weighted by molar-refractivity contribution is -0.687. The molecule has 0 fully saturated rings. The van der Waals surface area contributed by atoms with Crippen LogP contribution in [-0.4, -0.2) is 0 Å². The van der Waals surface area contributed by atoms with Crippen molar-refractivity contribution in [3.05, 3.63) is 74.5 Å². The summed E-state index contributed by atoms with van der Waals surface area (Å²) in [6.45, 7) is 0.921. The second-order valence-corrected chi connectivity index (χ2v) is 7.50. The number of aromatic nitrogens is 1. The number of rotatable bonds is 2. The van der Waals surface area contributed by atoms with Crippen molar-refractivity contribution in [3.63, 3.8) is 0 Å². The SMILES string of the molecule is N#C/C(=C\c1cc2c(ccc3ccccc32)oc1=O)c1scc2[n+]1CCC2. The van der Waals surface area contributed by atoms with Crippen molar-refractivity contribution in [1.82, 2.24) is 0 Å². The normalized spacial score (nSPS) is 13.8. The van der Waals surface area contributed by atoms with E-state index in [0.717, 1.165) is 40.6 Å². The van der Waals surface area contributed by atoms with Gasteiger partial charge in [0.2, 0.25) is 0 Å². The molecule has 0 aliphatic carbocycles. The first kappa shape index (κ1) is 16.0. The maximum atomic E-state index is 12.5. The fraction of sp³-hybridized carbons (Fsp3) is 0.136. The monoisotopic (exact) mass is 371 g/mol. The van der Waals surface area contributed by atoms with Crippen LogP contribution in [0.1, 0.15) is 22.7 Å². The van der Waals surface area contributed by atoms with Gasteiger partial charge < -0.3 is 4.42 Å². The minimum atomic E-state index is -0.427. The van der Waals surface area contributed by atoms with Gasteiger partial charge in [0.05, 0.1) is 10.9 Å². The molecule has 0 atom stereocenters. The summed E-state index contributed by atoms with van der Waals surface area (Å²) in [4.78, 5) is 12.5. The summed E-state index contributed by atoms with van der Waals surface area (Å²) >= 11 is 1.56. The van der Waals surface area contributed by atoms with Gasteiger partial charge in [-0.3, -0.25) is 0 Å². The minimum absolute atomic E-state index is 0.399. The second kappa shape index (κ2) is 6.19. The van der Waals surface area contributed by atoms with Crippen molar-refractivity contribution in [2.24, 2.45) is 0 Å². The van der Waals surface area contributed by atoms with Crippen LogP contribution in [0.5, 0.6) is 0 Å². The van der Waals surface area contributed by atoms with Crippen LogP contribution in [0.2, 0.25) is 0 Å². The zero-order valence-corrected chi connectivity index (χ0v) is 15.3. The van der Waals surface area contributed by atoms with Crippen LogP contribution in [0.4, 0.5) is 0 Å². The lowest BCUT2D eigenvalue weighted by Crippen LogP contribution is -2.34. The summed E-state index contributed by atoms with van der Waals surface area (Å²) in [6.07, 6.45) is 3.79. The van der Waals surface area contributed by atoms with Crippen molar-refractivity contribution < 1.29 is 8.98 Å². The maximum absolute atomic E-state index is 12.5. The average Bonchev–Trinajstić information content (AvgIpc) is 3.30. The molecule has 2 aromatic carbocycles. The van der Waals surface area contributed by atoms with Gasteiger partial charge in [0.25, 0.3) is 5.01 Å². The molecule has 1 aliphatic heterocycles. The van der Waals surface area contributed by atoms with Gasteiger partial charge in [0, 0.05) is 18.2 Å². The Kier molecular flexibility index (Phi) is 3.66. The molecule has 0 N–H and O–H groups in total. The Balaban J connectivity index is 1.73. The van der Waals surface area contributed by atoms with Crippen LogP contribution in [0.3, 0.4) is 0 Å². The summed E-state index contributed by atoms with van der Waals surface area (Å²) in [5.74, 6) is 0. The zero-order valence-electron chi connectivity index (χ0n) is 14.4. The number of nitriles is 1. The Morgan fingerprint density at radius 2 is 2.11 bits per heavy atom. The highest BCUT2D eigenvalue weighted by Crippen LogP contribution is 2.27. The molecule has 0 bridgehead atoms. The molecule has 0 amide bonds. The van der Waals surface area contributed by atoms with Gasteiger partial charge in [-0.25, -0.2) is 4.79 Å². The molecule has 0 saturated heterocycles. The van der Waals surface area contributed by atoms with Gasteiger partial charge in [-0.15, -0.1) is 0 Å². The summed E-state index contributed by atoms with van der Waals surface area (Å²) < 4.78 is 7.72. The zero-order chi connectivity index (χ0) is 18.4. The van der Waals surface area contributed by atoms with E-state index in [2.05, 4.69) is 16.0 Å². The topological polar surface area (TPSA) is 57.9 Å². The number of thiazole rings is 1. The summed E-state index contributed by atoms with van der Waals surface area (Å²) in [5, 5.41) is 15.7. The van der Waals surface area contributed by atoms with Gasteiger partial charge in [-0.05, 0) is 29.0 Å². The van der Waals surface area contributed by atoms with E-state index in [1.807, 2.05) is 42.5 Å². The van der Waals surface area contributed by atoms with Crippen molar-refractivity contribution in [1.29, 1.82) is 5.26 Å². The fourth-order valence-corrected chi connectivity index (χ4v) is 4.79. The molecule has 5 heteroatoms. The number of hydrogen-bond donors (Lipinski definition) is 0. The third-order valence-corrected chi connectivity index (χ3v) is 6.09. The second-order valence-electron chi connectivity index (χ2n) is 6.64. The number of fused-ring (bicyclic) bond motifs is 4. The van der Waals surface area contributed by atoms with Crippen LogP contribution in [0.25, 0.3) is 33.4 Å². The summed E-state index contributed by atoms with van der Waals surface area (Å²) in [5.41, 5.74) is 2.29. The third kappa shape index (κ3) is 2.57. The highest BCUT2D eigenvalue weighted by molar-refractivity contribution is 7.10. The Bertz CT molecular complexity index is 1340. The highest BCUT2D eigenvalue weighted by Gasteiger charge is 2.28. The van der Waals surface area contributed by atoms with Crippen LogP contribution in [0, 0.1) is 11.3 Å². The summed E-state index contributed by atoms with van der Waals surface area (Å²) in [7, 11) is 0. The van der Waals surface area contributed by atoms with Crippen LogP contribution >= 0.6 is 11.3 Å². The molecule has 4 aromatic rings. The van der Waals surface area contributed by atoms with Crippen LogP contribution in [0.15, 0.2) is 57.1 Å². The molecule has 0 spiro atoms. The van der Waals surface area contributed by atoms with E-state index in [4.69, 9.17) is 4.42 Å². The number of aryl methyl sites for hydroxylation is 1. The van der Waals surface area contributed by atoms with E-state index < -0.39 is 5.63 Å². The Morgan fingerprint density at radius 1 is 1.22 bits per heavy atom. The van der Waals surface area contributed by atoms with Crippen molar-refractivity contribution >= 4 is 44.7 Å². The number of benzene rings is 2. The maximum Gasteiger partial charge on any atom is 0.343 e. The third-order valence-electron chi connectivity index (χ3n) is 5.03. The Morgan fingerprint density at radius 3 is 3.00 bits per heavy atom. The molecule has 2 aromatic heterocycles. The first-order valence-electron chi connectivity index (χ1n) is 8.82. The summed E-state index contributed by atoms with van der Waals surface area (Å²) in [6, 6.07) is 15.9. The quantitative estimate of drug-likeness (QED) is 0.228. The lowest BCUT2D eigenvalue weighted by atomic mass is 10.0. The van der Waals surface area contributed by atoms with E-state index in [1.165, 1.54) is 5.69 Å². The molecular weight excluding hydrogens is 356 g/mol. The van der Waals surface area contributed by atoms with E-state index in [1.54, 1.807) is 17.4 Å². The molecule has 3 heterocycles. The predicted octanol–water partition coefficient (Wildman–Crippen LogP) is 4.31. The number of hydrogen-bond acceptors (Lipinski definition) is 4. The van der Waals surface area contributed by atoms with Crippen molar-refractivity contribution in [3.8, 4) is 6.07 Å². The van der Waals surface area contributed by atoms with E-state index in [0.29, 0.717) is 16.7 Å². The number of allylic oxidation sites excluding steroid dienone is 1. The van der Waals surface area contributed by atoms with Gasteiger partial charge in [0.15, 0.2) is 12.2 Å². The first-order chi connectivity index (χ1) is 13.2. The molecule has 0 unspecified atom stereocenters. The van der Waals surface area contributed by atoms with Gasteiger partial charge in [0.1, 0.15) is 17.2 Å². The fourth-order valence-electron chi connectivity index (χ4n) is 3.73. The molecular formula is C22H15N2O2S+. The van der Waals surface area contributed by atoms with Crippen molar-refractivity contribution in [2.45, 2.75) is 19.4 Å². The molecule has 5 rings (SSSR count). The first-order valence-corrected chi connectivity index (χ1v) is 9.70. The van der Waals surface area contributed by atoms with Gasteiger partial charge in [-0.1, -0.05) is 41.7 Å². The smallest absolute Gasteiger partial charge is 0.343 e. The van der Waals surface area contributed by atoms with E-state index >= 15 is 0 Å². The van der Waals surface area contributed by atoms with E-state index in [9.17, 15) is 10.1 Å². The highest BCUT2D eigenvalue weighted by atomic mass is 32.1. The predicted molar refractivity (Wildman–Crippen MR) is 106 cm³/mol. The largest absolute Gasteiger partial charge is 0.422 e. The van der Waals surface area contributed by atoms with Crippen LogP contribution in [-0.2, 0) is 13.0 Å². The van der Waals surface area contributed by atoms with E-state index in [-0.39, 0.29) is 0 Å². The Labute approximate surface area is 159 Å². The minimum Gasteiger partial charge on any atom is -0.422 e. The molecule has 4 nitrogen and oxygen atoms in total. The van der Waals surface area contributed by atoms with Crippen LogP contribution < -0.4 is 10.2 Å².